The number of rotatable bonds is 7. The highest BCUT2D eigenvalue weighted by atomic mass is 16.3. The number of para-hydroxylation sites is 1. The van der Waals surface area contributed by atoms with Crippen molar-refractivity contribution in [3.63, 3.8) is 0 Å². The molecule has 2 heteroatoms. The van der Waals surface area contributed by atoms with Gasteiger partial charge in [0.1, 0.15) is 11.3 Å². The molecule has 0 N–H and O–H groups in total. The second-order valence-corrected chi connectivity index (χ2v) is 5.51. The van der Waals surface area contributed by atoms with Crippen LogP contribution in [-0.4, -0.2) is 13.1 Å². The van der Waals surface area contributed by atoms with Crippen LogP contribution in [-0.2, 0) is 6.42 Å². The number of anilines is 1. The maximum atomic E-state index is 6.17. The van der Waals surface area contributed by atoms with Crippen molar-refractivity contribution in [1.29, 1.82) is 0 Å². The summed E-state index contributed by atoms with van der Waals surface area (Å²) in [5.74, 6) is 0.987. The number of benzene rings is 2. The maximum absolute atomic E-state index is 6.17. The molecule has 0 atom stereocenters. The molecule has 116 valence electrons. The number of hydrogen-bond donors (Lipinski definition) is 0. The van der Waals surface area contributed by atoms with E-state index in [4.69, 9.17) is 4.42 Å². The van der Waals surface area contributed by atoms with Gasteiger partial charge in [-0.05, 0) is 17.7 Å². The Kier molecular flexibility index (Phi) is 4.62. The molecule has 3 rings (SSSR count). The van der Waals surface area contributed by atoms with Crippen molar-refractivity contribution in [1.82, 2.24) is 0 Å². The molecule has 0 bridgehead atoms. The Morgan fingerprint density at radius 1 is 0.870 bits per heavy atom. The molecule has 2 nitrogen and oxygen atoms in total. The van der Waals surface area contributed by atoms with Crippen LogP contribution in [0.5, 0.6) is 0 Å². The van der Waals surface area contributed by atoms with Crippen LogP contribution < -0.4 is 4.90 Å². The fraction of sp³-hybridized carbons (Fsp3) is 0.143. The summed E-state index contributed by atoms with van der Waals surface area (Å²) in [6.45, 7) is 9.28. The summed E-state index contributed by atoms with van der Waals surface area (Å²) in [5.41, 5.74) is 3.31. The number of furan rings is 1. The van der Waals surface area contributed by atoms with E-state index in [9.17, 15) is 0 Å². The molecule has 0 aliphatic rings. The van der Waals surface area contributed by atoms with Crippen LogP contribution in [0.3, 0.4) is 0 Å². The predicted molar refractivity (Wildman–Crippen MR) is 98.1 cm³/mol. The van der Waals surface area contributed by atoms with E-state index in [1.54, 1.807) is 0 Å². The number of hydrogen-bond acceptors (Lipinski definition) is 2. The van der Waals surface area contributed by atoms with Gasteiger partial charge in [-0.3, -0.25) is 0 Å². The molecule has 1 heterocycles. The molecular weight excluding hydrogens is 282 g/mol. The smallest absolute Gasteiger partial charge is 0.136 e. The molecule has 0 radical (unpaired) electrons. The molecular formula is C21H21NO. The Labute approximate surface area is 137 Å². The third-order valence-corrected chi connectivity index (χ3v) is 3.86. The molecule has 0 amide bonds. The van der Waals surface area contributed by atoms with E-state index in [1.807, 2.05) is 36.4 Å². The largest absolute Gasteiger partial charge is 0.458 e. The fourth-order valence-electron chi connectivity index (χ4n) is 2.90. The molecule has 0 fully saturated rings. The summed E-state index contributed by atoms with van der Waals surface area (Å²) in [7, 11) is 0. The van der Waals surface area contributed by atoms with E-state index in [1.165, 1.54) is 5.56 Å². The minimum atomic E-state index is 0.761. The minimum absolute atomic E-state index is 0.761. The van der Waals surface area contributed by atoms with Gasteiger partial charge < -0.3 is 9.32 Å². The second kappa shape index (κ2) is 7.01. The molecule has 1 aromatic heterocycles. The lowest BCUT2D eigenvalue weighted by molar-refractivity contribution is 0.561. The minimum Gasteiger partial charge on any atom is -0.458 e. The van der Waals surface area contributed by atoms with Gasteiger partial charge in [0.25, 0.3) is 0 Å². The van der Waals surface area contributed by atoms with E-state index in [2.05, 4.69) is 48.4 Å². The SMILES string of the molecule is C=CCN(CC=C)c1c(Cc2ccccc2)oc2ccccc12. The van der Waals surface area contributed by atoms with E-state index < -0.39 is 0 Å². The van der Waals surface area contributed by atoms with Gasteiger partial charge in [-0.15, -0.1) is 13.2 Å². The van der Waals surface area contributed by atoms with Crippen molar-refractivity contribution in [3.05, 3.63) is 91.2 Å². The van der Waals surface area contributed by atoms with Gasteiger partial charge in [0.2, 0.25) is 0 Å². The van der Waals surface area contributed by atoms with Gasteiger partial charge in [-0.1, -0.05) is 54.6 Å². The first kappa shape index (κ1) is 15.2. The first-order chi connectivity index (χ1) is 11.3. The zero-order chi connectivity index (χ0) is 16.1. The van der Waals surface area contributed by atoms with Crippen molar-refractivity contribution in [2.24, 2.45) is 0 Å². The Morgan fingerprint density at radius 2 is 1.52 bits per heavy atom. The normalized spacial score (nSPS) is 10.6. The Morgan fingerprint density at radius 3 is 2.22 bits per heavy atom. The average Bonchev–Trinajstić information content (AvgIpc) is 2.93. The highest BCUT2D eigenvalue weighted by Crippen LogP contribution is 2.35. The lowest BCUT2D eigenvalue weighted by Gasteiger charge is -2.22. The second-order valence-electron chi connectivity index (χ2n) is 5.51. The fourth-order valence-corrected chi connectivity index (χ4v) is 2.90. The zero-order valence-corrected chi connectivity index (χ0v) is 13.2. The van der Waals surface area contributed by atoms with Crippen molar-refractivity contribution in [2.45, 2.75) is 6.42 Å². The first-order valence-electron chi connectivity index (χ1n) is 7.84. The molecule has 2 aromatic carbocycles. The van der Waals surface area contributed by atoms with Gasteiger partial charge in [0, 0.05) is 24.9 Å². The van der Waals surface area contributed by atoms with Crippen molar-refractivity contribution >= 4 is 16.7 Å². The van der Waals surface area contributed by atoms with E-state index in [0.29, 0.717) is 0 Å². The Bertz CT molecular complexity index is 791. The summed E-state index contributed by atoms with van der Waals surface area (Å²) in [6.07, 6.45) is 4.60. The first-order valence-corrected chi connectivity index (χ1v) is 7.84. The summed E-state index contributed by atoms with van der Waals surface area (Å²) in [5, 5.41) is 1.14. The van der Waals surface area contributed by atoms with Crippen molar-refractivity contribution < 1.29 is 4.42 Å². The van der Waals surface area contributed by atoms with Crippen molar-refractivity contribution in [2.75, 3.05) is 18.0 Å². The number of fused-ring (bicyclic) bond motifs is 1. The van der Waals surface area contributed by atoms with E-state index in [0.717, 1.165) is 41.9 Å². The van der Waals surface area contributed by atoms with Gasteiger partial charge in [0.05, 0.1) is 5.69 Å². The quantitative estimate of drug-likeness (QED) is 0.558. The highest BCUT2D eigenvalue weighted by molar-refractivity contribution is 5.93. The predicted octanol–water partition coefficient (Wildman–Crippen LogP) is 5.20. The van der Waals surface area contributed by atoms with Gasteiger partial charge in [-0.25, -0.2) is 0 Å². The van der Waals surface area contributed by atoms with Crippen LogP contribution in [0.1, 0.15) is 11.3 Å². The maximum Gasteiger partial charge on any atom is 0.136 e. The average molecular weight is 303 g/mol. The summed E-state index contributed by atoms with van der Waals surface area (Å²) in [4.78, 5) is 2.25. The summed E-state index contributed by atoms with van der Waals surface area (Å²) in [6, 6.07) is 18.6. The van der Waals surface area contributed by atoms with Gasteiger partial charge >= 0.3 is 0 Å². The molecule has 0 spiro atoms. The lowest BCUT2D eigenvalue weighted by Crippen LogP contribution is -2.23. The van der Waals surface area contributed by atoms with E-state index >= 15 is 0 Å². The van der Waals surface area contributed by atoms with Crippen LogP contribution in [0.2, 0.25) is 0 Å². The van der Waals surface area contributed by atoms with Crippen molar-refractivity contribution in [3.8, 4) is 0 Å². The summed E-state index contributed by atoms with van der Waals surface area (Å²) >= 11 is 0. The monoisotopic (exact) mass is 303 g/mol. The van der Waals surface area contributed by atoms with Crippen LogP contribution in [0.15, 0.2) is 84.3 Å². The Balaban J connectivity index is 2.10. The van der Waals surface area contributed by atoms with Gasteiger partial charge in [-0.2, -0.15) is 0 Å². The van der Waals surface area contributed by atoms with Crippen LogP contribution in [0, 0.1) is 0 Å². The molecule has 0 aliphatic heterocycles. The summed E-state index contributed by atoms with van der Waals surface area (Å²) < 4.78 is 6.17. The molecule has 3 aromatic rings. The van der Waals surface area contributed by atoms with Gasteiger partial charge in [0.15, 0.2) is 0 Å². The molecule has 23 heavy (non-hydrogen) atoms. The molecule has 0 saturated carbocycles. The topological polar surface area (TPSA) is 16.4 Å². The van der Waals surface area contributed by atoms with Crippen LogP contribution in [0.4, 0.5) is 5.69 Å². The molecule has 0 saturated heterocycles. The third kappa shape index (κ3) is 3.21. The number of nitrogens with zero attached hydrogens (tertiary/aromatic N) is 1. The van der Waals surface area contributed by atoms with E-state index in [-0.39, 0.29) is 0 Å². The standard InChI is InChI=1S/C21H21NO/c1-3-14-22(15-4-2)21-18-12-8-9-13-19(18)23-20(21)16-17-10-6-5-7-11-17/h3-13H,1-2,14-16H2. The third-order valence-electron chi connectivity index (χ3n) is 3.86. The Hall–Kier alpha value is -2.74. The molecule has 0 aliphatic carbocycles. The lowest BCUT2D eigenvalue weighted by atomic mass is 10.1. The molecule has 0 unspecified atom stereocenters. The highest BCUT2D eigenvalue weighted by Gasteiger charge is 2.18. The van der Waals surface area contributed by atoms with Crippen LogP contribution in [0.25, 0.3) is 11.0 Å². The van der Waals surface area contributed by atoms with Crippen LogP contribution >= 0.6 is 0 Å². The zero-order valence-electron chi connectivity index (χ0n) is 13.2.